The fraction of sp³-hybridized carbons (Fsp3) is 1.00. The van der Waals surface area contributed by atoms with Gasteiger partial charge in [-0.05, 0) is 37.0 Å². The molecule has 1 aliphatic heterocycles. The summed E-state index contributed by atoms with van der Waals surface area (Å²) in [6.45, 7) is 8.71. The van der Waals surface area contributed by atoms with E-state index >= 15 is 0 Å². The van der Waals surface area contributed by atoms with E-state index in [2.05, 4.69) is 18.7 Å². The van der Waals surface area contributed by atoms with E-state index in [4.69, 9.17) is 5.73 Å². The third-order valence-electron chi connectivity index (χ3n) is 3.73. The number of nitrogens with two attached hydrogens (primary N) is 1. The molecule has 1 heterocycles. The molecule has 2 atom stereocenters. The van der Waals surface area contributed by atoms with Crippen LogP contribution in [0.5, 0.6) is 0 Å². The van der Waals surface area contributed by atoms with Gasteiger partial charge in [0.2, 0.25) is 0 Å². The van der Waals surface area contributed by atoms with Crippen molar-refractivity contribution in [1.29, 1.82) is 0 Å². The standard InChI is InChI=1S/C12H24N2/c1-9-3-10(2)7-14(6-9)8-11-4-12(13)5-11/h9-12H,3-8,13H2,1-2H3. The van der Waals surface area contributed by atoms with Gasteiger partial charge in [-0.2, -0.15) is 0 Å². The quantitative estimate of drug-likeness (QED) is 0.728. The second kappa shape index (κ2) is 4.19. The van der Waals surface area contributed by atoms with Crippen LogP contribution in [0.1, 0.15) is 33.1 Å². The Bertz CT molecular complexity index is 177. The van der Waals surface area contributed by atoms with Crippen LogP contribution in [-0.4, -0.2) is 30.6 Å². The monoisotopic (exact) mass is 196 g/mol. The maximum atomic E-state index is 5.81. The van der Waals surface area contributed by atoms with Crippen LogP contribution in [0.3, 0.4) is 0 Å². The first-order valence-corrected chi connectivity index (χ1v) is 6.11. The van der Waals surface area contributed by atoms with E-state index in [9.17, 15) is 0 Å². The van der Waals surface area contributed by atoms with Crippen LogP contribution in [0, 0.1) is 17.8 Å². The molecule has 14 heavy (non-hydrogen) atoms. The Morgan fingerprint density at radius 1 is 1.07 bits per heavy atom. The molecule has 2 aliphatic rings. The minimum absolute atomic E-state index is 0.514. The van der Waals surface area contributed by atoms with Gasteiger partial charge >= 0.3 is 0 Å². The molecule has 2 rings (SSSR count). The zero-order valence-corrected chi connectivity index (χ0v) is 9.58. The average molecular weight is 196 g/mol. The molecule has 2 unspecified atom stereocenters. The third kappa shape index (κ3) is 2.48. The molecule has 1 saturated heterocycles. The lowest BCUT2D eigenvalue weighted by molar-refractivity contribution is 0.0939. The number of piperidine rings is 1. The van der Waals surface area contributed by atoms with Gasteiger partial charge in [0.05, 0.1) is 0 Å². The van der Waals surface area contributed by atoms with Crippen LogP contribution in [0.2, 0.25) is 0 Å². The Balaban J connectivity index is 1.74. The predicted molar refractivity (Wildman–Crippen MR) is 60.1 cm³/mol. The van der Waals surface area contributed by atoms with Crippen LogP contribution in [0.15, 0.2) is 0 Å². The van der Waals surface area contributed by atoms with E-state index in [0.29, 0.717) is 6.04 Å². The average Bonchev–Trinajstić information content (AvgIpc) is 1.99. The van der Waals surface area contributed by atoms with E-state index in [1.165, 1.54) is 38.9 Å². The molecule has 0 bridgehead atoms. The van der Waals surface area contributed by atoms with Crippen LogP contribution in [0.25, 0.3) is 0 Å². The highest BCUT2D eigenvalue weighted by Crippen LogP contribution is 2.29. The van der Waals surface area contributed by atoms with Gasteiger partial charge in [0, 0.05) is 25.7 Å². The number of nitrogens with zero attached hydrogens (tertiary/aromatic N) is 1. The number of hydrogen-bond acceptors (Lipinski definition) is 2. The van der Waals surface area contributed by atoms with Crippen LogP contribution < -0.4 is 5.73 Å². The molecule has 0 spiro atoms. The van der Waals surface area contributed by atoms with Gasteiger partial charge in [-0.25, -0.2) is 0 Å². The number of hydrogen-bond donors (Lipinski definition) is 1. The van der Waals surface area contributed by atoms with Crippen molar-refractivity contribution >= 4 is 0 Å². The third-order valence-corrected chi connectivity index (χ3v) is 3.73. The van der Waals surface area contributed by atoms with Crippen molar-refractivity contribution in [2.75, 3.05) is 19.6 Å². The summed E-state index contributed by atoms with van der Waals surface area (Å²) in [5.74, 6) is 2.70. The van der Waals surface area contributed by atoms with Gasteiger partial charge in [0.1, 0.15) is 0 Å². The molecule has 2 heteroatoms. The molecular formula is C12H24N2. The molecule has 2 nitrogen and oxygen atoms in total. The fourth-order valence-corrected chi connectivity index (χ4v) is 3.24. The normalized spacial score (nSPS) is 44.8. The van der Waals surface area contributed by atoms with Gasteiger partial charge in [-0.1, -0.05) is 13.8 Å². The summed E-state index contributed by atoms with van der Waals surface area (Å²) in [6.07, 6.45) is 3.94. The first-order chi connectivity index (χ1) is 6.63. The van der Waals surface area contributed by atoms with Crippen LogP contribution in [-0.2, 0) is 0 Å². The Hall–Kier alpha value is -0.0800. The summed E-state index contributed by atoms with van der Waals surface area (Å²) in [4.78, 5) is 2.66. The van der Waals surface area contributed by atoms with E-state index in [1.54, 1.807) is 0 Å². The molecule has 0 aromatic rings. The Morgan fingerprint density at radius 3 is 2.14 bits per heavy atom. The van der Waals surface area contributed by atoms with Gasteiger partial charge < -0.3 is 10.6 Å². The Kier molecular flexibility index (Phi) is 3.13. The highest BCUT2D eigenvalue weighted by atomic mass is 15.1. The molecular weight excluding hydrogens is 172 g/mol. The molecule has 0 amide bonds. The van der Waals surface area contributed by atoms with Crippen molar-refractivity contribution in [1.82, 2.24) is 4.90 Å². The van der Waals surface area contributed by atoms with E-state index < -0.39 is 0 Å². The highest BCUT2D eigenvalue weighted by Gasteiger charge is 2.30. The van der Waals surface area contributed by atoms with Crippen molar-refractivity contribution in [3.8, 4) is 0 Å². The molecule has 0 aromatic carbocycles. The molecule has 82 valence electrons. The smallest absolute Gasteiger partial charge is 0.00450 e. The molecule has 2 N–H and O–H groups in total. The van der Waals surface area contributed by atoms with E-state index in [0.717, 1.165) is 17.8 Å². The molecule has 0 aromatic heterocycles. The molecule has 0 radical (unpaired) electrons. The lowest BCUT2D eigenvalue weighted by Gasteiger charge is -2.41. The fourth-order valence-electron chi connectivity index (χ4n) is 3.24. The minimum atomic E-state index is 0.514. The van der Waals surface area contributed by atoms with Gasteiger partial charge in [0.25, 0.3) is 0 Å². The lowest BCUT2D eigenvalue weighted by atomic mass is 9.80. The van der Waals surface area contributed by atoms with Crippen LogP contribution >= 0.6 is 0 Å². The maximum absolute atomic E-state index is 5.81. The maximum Gasteiger partial charge on any atom is 0.00450 e. The zero-order chi connectivity index (χ0) is 10.1. The van der Waals surface area contributed by atoms with Gasteiger partial charge in [0.15, 0.2) is 0 Å². The minimum Gasteiger partial charge on any atom is -0.328 e. The van der Waals surface area contributed by atoms with Crippen LogP contribution in [0.4, 0.5) is 0 Å². The molecule has 2 fully saturated rings. The summed E-state index contributed by atoms with van der Waals surface area (Å²) >= 11 is 0. The number of likely N-dealkylation sites (tertiary alicyclic amines) is 1. The van der Waals surface area contributed by atoms with Crippen molar-refractivity contribution in [3.05, 3.63) is 0 Å². The Labute approximate surface area is 87.8 Å². The second-order valence-corrected chi connectivity index (χ2v) is 5.76. The zero-order valence-electron chi connectivity index (χ0n) is 9.58. The lowest BCUT2D eigenvalue weighted by Crippen LogP contribution is -2.46. The van der Waals surface area contributed by atoms with Crippen molar-refractivity contribution in [2.45, 2.75) is 39.2 Å². The van der Waals surface area contributed by atoms with Crippen molar-refractivity contribution in [3.63, 3.8) is 0 Å². The largest absolute Gasteiger partial charge is 0.328 e. The van der Waals surface area contributed by atoms with Gasteiger partial charge in [-0.15, -0.1) is 0 Å². The summed E-state index contributed by atoms with van der Waals surface area (Å²) in [5.41, 5.74) is 5.81. The van der Waals surface area contributed by atoms with E-state index in [-0.39, 0.29) is 0 Å². The number of rotatable bonds is 2. The first-order valence-electron chi connectivity index (χ1n) is 6.11. The predicted octanol–water partition coefficient (Wildman–Crippen LogP) is 1.70. The molecule has 1 aliphatic carbocycles. The first kappa shape index (κ1) is 10.4. The Morgan fingerprint density at radius 2 is 1.64 bits per heavy atom. The van der Waals surface area contributed by atoms with Crippen molar-refractivity contribution in [2.24, 2.45) is 23.5 Å². The summed E-state index contributed by atoms with van der Waals surface area (Å²) in [5, 5.41) is 0. The summed E-state index contributed by atoms with van der Waals surface area (Å²) in [6, 6.07) is 0.514. The van der Waals surface area contributed by atoms with Crippen molar-refractivity contribution < 1.29 is 0 Å². The van der Waals surface area contributed by atoms with E-state index in [1.807, 2.05) is 0 Å². The highest BCUT2D eigenvalue weighted by molar-refractivity contribution is 4.86. The molecule has 1 saturated carbocycles. The summed E-state index contributed by atoms with van der Waals surface area (Å²) < 4.78 is 0. The second-order valence-electron chi connectivity index (χ2n) is 5.76. The van der Waals surface area contributed by atoms with Gasteiger partial charge in [-0.3, -0.25) is 0 Å². The summed E-state index contributed by atoms with van der Waals surface area (Å²) in [7, 11) is 0. The topological polar surface area (TPSA) is 29.3 Å². The SMILES string of the molecule is CC1CC(C)CN(CC2CC(N)C2)C1.